The molecule has 2 nitrogen and oxygen atoms in total. The first-order valence-corrected chi connectivity index (χ1v) is 7.77. The Morgan fingerprint density at radius 1 is 0.650 bits per heavy atom. The lowest BCUT2D eigenvalue weighted by molar-refractivity contribution is 0.395. The lowest BCUT2D eigenvalue weighted by atomic mass is 9.86. The third-order valence-electron chi connectivity index (χ3n) is 3.79. The van der Waals surface area contributed by atoms with E-state index in [1.165, 1.54) is 38.5 Å². The Balaban J connectivity index is 3.55. The number of hydrogen-bond donors (Lipinski definition) is 0. The molecular weight excluding hydrogens is 248 g/mol. The van der Waals surface area contributed by atoms with E-state index in [0.717, 1.165) is 12.8 Å². The topological polar surface area (TPSA) is 34.1 Å². The van der Waals surface area contributed by atoms with Gasteiger partial charge in [-0.2, -0.15) is 0 Å². The Labute approximate surface area is 124 Å². The molecule has 0 heterocycles. The van der Waals surface area contributed by atoms with Crippen LogP contribution in [0.25, 0.3) is 0 Å². The van der Waals surface area contributed by atoms with Crippen LogP contribution < -0.4 is 0 Å². The molecule has 0 fully saturated rings. The third kappa shape index (κ3) is 10.8. The molecule has 114 valence electrons. The van der Waals surface area contributed by atoms with Crippen LogP contribution in [0.4, 0.5) is 0 Å². The predicted octanol–water partition coefficient (Wildman–Crippen LogP) is 4.94. The molecule has 0 rings (SSSR count). The highest BCUT2D eigenvalue weighted by Gasteiger charge is 2.14. The minimum absolute atomic E-state index is 0.00701. The second-order valence-corrected chi connectivity index (χ2v) is 7.12. The van der Waals surface area contributed by atoms with E-state index in [9.17, 15) is 9.59 Å². The van der Waals surface area contributed by atoms with Crippen LogP contribution in [-0.2, 0) is 9.59 Å². The Hall–Kier alpha value is -1.10. The van der Waals surface area contributed by atoms with E-state index >= 15 is 0 Å². The van der Waals surface area contributed by atoms with Gasteiger partial charge >= 0.3 is 0 Å². The zero-order valence-corrected chi connectivity index (χ0v) is 13.6. The molecule has 0 aromatic carbocycles. The van der Waals surface area contributed by atoms with Gasteiger partial charge in [0.2, 0.25) is 0 Å². The SMILES string of the molecule is CC(C)(C=C=O)CCCCCCCCC(C)(C)C=C=O. The highest BCUT2D eigenvalue weighted by Crippen LogP contribution is 2.26. The molecule has 0 saturated carbocycles. The molecular formula is C18H30O2. The highest BCUT2D eigenvalue weighted by molar-refractivity contribution is 5.46. The molecule has 0 unspecified atom stereocenters. The average Bonchev–Trinajstić information content (AvgIpc) is 2.32. The maximum Gasteiger partial charge on any atom is 0.120 e. The van der Waals surface area contributed by atoms with Gasteiger partial charge in [0.05, 0.1) is 0 Å². The molecule has 0 bridgehead atoms. The summed E-state index contributed by atoms with van der Waals surface area (Å²) in [6, 6.07) is 0. The van der Waals surface area contributed by atoms with E-state index in [1.54, 1.807) is 12.2 Å². The van der Waals surface area contributed by atoms with Gasteiger partial charge in [0.1, 0.15) is 11.9 Å². The van der Waals surface area contributed by atoms with Gasteiger partial charge in [-0.05, 0) is 23.7 Å². The Kier molecular flexibility index (Phi) is 9.21. The molecule has 0 atom stereocenters. The van der Waals surface area contributed by atoms with Crippen molar-refractivity contribution in [1.29, 1.82) is 0 Å². The van der Waals surface area contributed by atoms with Crippen LogP contribution in [-0.4, -0.2) is 11.9 Å². The van der Waals surface area contributed by atoms with E-state index in [-0.39, 0.29) is 10.8 Å². The summed E-state index contributed by atoms with van der Waals surface area (Å²) in [5, 5.41) is 0. The summed E-state index contributed by atoms with van der Waals surface area (Å²) < 4.78 is 0. The fourth-order valence-corrected chi connectivity index (χ4v) is 2.33. The maximum absolute atomic E-state index is 10.3. The van der Waals surface area contributed by atoms with Gasteiger partial charge in [-0.1, -0.05) is 66.2 Å². The largest absolute Gasteiger partial charge is 0.234 e. The number of hydrogen-bond acceptors (Lipinski definition) is 2. The molecule has 0 spiro atoms. The fourth-order valence-electron chi connectivity index (χ4n) is 2.33. The Morgan fingerprint density at radius 2 is 0.950 bits per heavy atom. The van der Waals surface area contributed by atoms with Gasteiger partial charge in [-0.3, -0.25) is 0 Å². The summed E-state index contributed by atoms with van der Waals surface area (Å²) >= 11 is 0. The predicted molar refractivity (Wildman–Crippen MR) is 85.0 cm³/mol. The third-order valence-corrected chi connectivity index (χ3v) is 3.79. The van der Waals surface area contributed by atoms with E-state index in [1.807, 2.05) is 11.9 Å². The van der Waals surface area contributed by atoms with Crippen molar-refractivity contribution >= 4 is 11.9 Å². The van der Waals surface area contributed by atoms with Crippen LogP contribution in [0, 0.1) is 10.8 Å². The minimum Gasteiger partial charge on any atom is -0.234 e. The number of rotatable bonds is 11. The zero-order chi connectivity index (χ0) is 15.5. The van der Waals surface area contributed by atoms with Crippen LogP contribution in [0.5, 0.6) is 0 Å². The highest BCUT2D eigenvalue weighted by atomic mass is 16.1. The first kappa shape index (κ1) is 18.9. The quantitative estimate of drug-likeness (QED) is 0.396. The lowest BCUT2D eigenvalue weighted by Crippen LogP contribution is -2.07. The van der Waals surface area contributed by atoms with Crippen molar-refractivity contribution in [2.24, 2.45) is 10.8 Å². The average molecular weight is 278 g/mol. The van der Waals surface area contributed by atoms with E-state index in [4.69, 9.17) is 0 Å². The second kappa shape index (κ2) is 9.75. The molecule has 2 heteroatoms. The second-order valence-electron chi connectivity index (χ2n) is 7.12. The molecule has 0 aromatic rings. The summed E-state index contributed by atoms with van der Waals surface area (Å²) in [4.78, 5) is 20.7. The van der Waals surface area contributed by atoms with Crippen molar-refractivity contribution in [3.05, 3.63) is 12.2 Å². The van der Waals surface area contributed by atoms with Crippen LogP contribution in [0.1, 0.15) is 79.1 Å². The van der Waals surface area contributed by atoms with Crippen molar-refractivity contribution < 1.29 is 9.59 Å². The molecule has 0 radical (unpaired) electrons. The molecule has 0 amide bonds. The number of unbranched alkanes of at least 4 members (excludes halogenated alkanes) is 5. The van der Waals surface area contributed by atoms with Crippen molar-refractivity contribution in [3.63, 3.8) is 0 Å². The lowest BCUT2D eigenvalue weighted by Gasteiger charge is -2.18. The van der Waals surface area contributed by atoms with E-state index < -0.39 is 0 Å². The monoisotopic (exact) mass is 278 g/mol. The van der Waals surface area contributed by atoms with Crippen molar-refractivity contribution in [2.45, 2.75) is 79.1 Å². The summed E-state index contributed by atoms with van der Waals surface area (Å²) in [5.74, 6) is 3.79. The van der Waals surface area contributed by atoms with Crippen LogP contribution >= 0.6 is 0 Å². The summed E-state index contributed by atoms with van der Waals surface area (Å²) in [6.07, 6.45) is 12.7. The van der Waals surface area contributed by atoms with Crippen molar-refractivity contribution in [2.75, 3.05) is 0 Å². The standard InChI is InChI=1S/C18H30O2/c1-17(2,13-15-19)11-9-7-5-6-8-10-12-18(3,4)14-16-20/h13-14H,5-12H2,1-4H3. The van der Waals surface area contributed by atoms with Crippen LogP contribution in [0.15, 0.2) is 12.2 Å². The summed E-state index contributed by atoms with van der Waals surface area (Å²) in [5.41, 5.74) is -0.0140. The smallest absolute Gasteiger partial charge is 0.120 e. The molecule has 0 aromatic heterocycles. The summed E-state index contributed by atoms with van der Waals surface area (Å²) in [7, 11) is 0. The van der Waals surface area contributed by atoms with Crippen molar-refractivity contribution in [3.8, 4) is 0 Å². The summed E-state index contributed by atoms with van der Waals surface area (Å²) in [6.45, 7) is 8.34. The molecule has 0 aliphatic heterocycles. The van der Waals surface area contributed by atoms with Crippen LogP contribution in [0.3, 0.4) is 0 Å². The molecule has 0 aliphatic carbocycles. The van der Waals surface area contributed by atoms with Crippen molar-refractivity contribution in [1.82, 2.24) is 0 Å². The fraction of sp³-hybridized carbons (Fsp3) is 0.778. The van der Waals surface area contributed by atoms with Gasteiger partial charge in [0.15, 0.2) is 0 Å². The van der Waals surface area contributed by atoms with E-state index in [2.05, 4.69) is 27.7 Å². The van der Waals surface area contributed by atoms with Gasteiger partial charge < -0.3 is 0 Å². The maximum atomic E-state index is 10.3. The van der Waals surface area contributed by atoms with E-state index in [0.29, 0.717) is 0 Å². The zero-order valence-electron chi connectivity index (χ0n) is 13.6. The first-order chi connectivity index (χ1) is 9.33. The minimum atomic E-state index is -0.00701. The van der Waals surface area contributed by atoms with Gasteiger partial charge in [0, 0.05) is 12.2 Å². The number of allylic oxidation sites excluding steroid dienone is 2. The normalized spacial score (nSPS) is 11.6. The Bertz CT molecular complexity index is 318. The Morgan fingerprint density at radius 3 is 1.25 bits per heavy atom. The first-order valence-electron chi connectivity index (χ1n) is 7.77. The molecule has 20 heavy (non-hydrogen) atoms. The number of carbonyl (C=O) groups excluding carboxylic acids is 2. The van der Waals surface area contributed by atoms with Crippen LogP contribution in [0.2, 0.25) is 0 Å². The van der Waals surface area contributed by atoms with Gasteiger partial charge in [0.25, 0.3) is 0 Å². The molecule has 0 saturated heterocycles. The molecule has 0 N–H and O–H groups in total. The molecule has 0 aliphatic rings. The van der Waals surface area contributed by atoms with Gasteiger partial charge in [-0.25, -0.2) is 9.59 Å². The van der Waals surface area contributed by atoms with Gasteiger partial charge in [-0.15, -0.1) is 0 Å².